The molecule has 2 aliphatic rings. The quantitative estimate of drug-likeness (QED) is 0.768. The van der Waals surface area contributed by atoms with E-state index in [-0.39, 0.29) is 16.7 Å². The highest BCUT2D eigenvalue weighted by Crippen LogP contribution is 2.45. The Balaban J connectivity index is 1.97. The number of amides is 1. The molecule has 2 rings (SSSR count). The third-order valence-electron chi connectivity index (χ3n) is 4.28. The van der Waals surface area contributed by atoms with E-state index < -0.39 is 0 Å². The summed E-state index contributed by atoms with van der Waals surface area (Å²) < 4.78 is 5.27. The number of piperidine rings is 1. The van der Waals surface area contributed by atoms with Crippen LogP contribution in [-0.4, -0.2) is 38.8 Å². The molecule has 1 unspecified atom stereocenters. The van der Waals surface area contributed by atoms with Crippen LogP contribution in [-0.2, 0) is 9.53 Å². The van der Waals surface area contributed by atoms with Crippen molar-refractivity contribution in [3.05, 3.63) is 0 Å². The van der Waals surface area contributed by atoms with Gasteiger partial charge in [-0.05, 0) is 37.8 Å². The van der Waals surface area contributed by atoms with E-state index in [0.717, 1.165) is 32.4 Å². The van der Waals surface area contributed by atoms with Crippen molar-refractivity contribution < 1.29 is 9.53 Å². The minimum atomic E-state index is -0.307. The summed E-state index contributed by atoms with van der Waals surface area (Å²) in [6, 6.07) is 0.360. The topological polar surface area (TPSA) is 50.4 Å². The molecule has 0 aromatic rings. The van der Waals surface area contributed by atoms with Crippen molar-refractivity contribution in [3.63, 3.8) is 0 Å². The van der Waals surface area contributed by atoms with Crippen LogP contribution in [0.15, 0.2) is 0 Å². The maximum Gasteiger partial charge on any atom is 0.228 e. The summed E-state index contributed by atoms with van der Waals surface area (Å²) in [5.74, 6) is 0.191. The van der Waals surface area contributed by atoms with Gasteiger partial charge in [0.25, 0.3) is 0 Å². The summed E-state index contributed by atoms with van der Waals surface area (Å²) in [7, 11) is 1.68. The van der Waals surface area contributed by atoms with Gasteiger partial charge in [-0.15, -0.1) is 0 Å². The van der Waals surface area contributed by atoms with E-state index in [2.05, 4.69) is 24.5 Å². The molecule has 0 bridgehead atoms. The van der Waals surface area contributed by atoms with Crippen LogP contribution < -0.4 is 10.6 Å². The van der Waals surface area contributed by atoms with E-state index in [0.29, 0.717) is 12.6 Å². The Labute approximate surface area is 103 Å². The number of ether oxygens (including phenoxy) is 1. The summed E-state index contributed by atoms with van der Waals surface area (Å²) in [5.41, 5.74) is -0.0183. The lowest BCUT2D eigenvalue weighted by Crippen LogP contribution is -2.51. The number of rotatable bonds is 4. The molecule has 2 fully saturated rings. The van der Waals surface area contributed by atoms with E-state index >= 15 is 0 Å². The first-order chi connectivity index (χ1) is 8.00. The molecule has 4 nitrogen and oxygen atoms in total. The largest absolute Gasteiger partial charge is 0.384 e. The molecule has 1 aliphatic carbocycles. The molecule has 1 heterocycles. The average molecular weight is 240 g/mol. The Bertz CT molecular complexity index is 290. The van der Waals surface area contributed by atoms with Gasteiger partial charge in [0.15, 0.2) is 0 Å². The van der Waals surface area contributed by atoms with Crippen LogP contribution >= 0.6 is 0 Å². The lowest BCUT2D eigenvalue weighted by Gasteiger charge is -2.35. The first-order valence-corrected chi connectivity index (χ1v) is 6.51. The van der Waals surface area contributed by atoms with Crippen molar-refractivity contribution in [1.82, 2.24) is 10.6 Å². The zero-order valence-corrected chi connectivity index (χ0v) is 11.1. The predicted octanol–water partition coefficient (Wildman–Crippen LogP) is 0.917. The van der Waals surface area contributed by atoms with Crippen LogP contribution in [0.25, 0.3) is 0 Å². The number of hydrogen-bond donors (Lipinski definition) is 2. The smallest absolute Gasteiger partial charge is 0.228 e. The van der Waals surface area contributed by atoms with Crippen LogP contribution in [0.2, 0.25) is 0 Å². The van der Waals surface area contributed by atoms with Crippen molar-refractivity contribution in [1.29, 1.82) is 0 Å². The molecule has 4 heteroatoms. The summed E-state index contributed by atoms with van der Waals surface area (Å²) in [6.07, 6.45) is 2.85. The molecule has 2 N–H and O–H groups in total. The van der Waals surface area contributed by atoms with Crippen LogP contribution in [0, 0.1) is 10.8 Å². The van der Waals surface area contributed by atoms with Gasteiger partial charge in [0.1, 0.15) is 0 Å². The molecule has 1 aliphatic heterocycles. The third-order valence-corrected chi connectivity index (χ3v) is 4.28. The number of hydrogen-bond acceptors (Lipinski definition) is 3. The fourth-order valence-corrected chi connectivity index (χ4v) is 2.64. The van der Waals surface area contributed by atoms with Gasteiger partial charge in [0.2, 0.25) is 5.91 Å². The Hall–Kier alpha value is -0.610. The van der Waals surface area contributed by atoms with Crippen molar-refractivity contribution >= 4 is 5.91 Å². The van der Waals surface area contributed by atoms with E-state index in [1.165, 1.54) is 0 Å². The average Bonchev–Trinajstić information content (AvgIpc) is 2.87. The van der Waals surface area contributed by atoms with Crippen LogP contribution in [0.3, 0.4) is 0 Å². The fourth-order valence-electron chi connectivity index (χ4n) is 2.64. The molecule has 1 saturated carbocycles. The maximum absolute atomic E-state index is 12.4. The normalized spacial score (nSPS) is 29.7. The monoisotopic (exact) mass is 240 g/mol. The van der Waals surface area contributed by atoms with E-state index in [1.54, 1.807) is 7.11 Å². The second kappa shape index (κ2) is 4.58. The zero-order valence-electron chi connectivity index (χ0n) is 11.1. The van der Waals surface area contributed by atoms with Crippen molar-refractivity contribution in [2.75, 3.05) is 26.8 Å². The van der Waals surface area contributed by atoms with Gasteiger partial charge >= 0.3 is 0 Å². The number of nitrogens with one attached hydrogen (secondary N) is 2. The van der Waals surface area contributed by atoms with E-state index in [9.17, 15) is 4.79 Å². The van der Waals surface area contributed by atoms with Crippen molar-refractivity contribution in [3.8, 4) is 0 Å². The molecule has 1 saturated heterocycles. The molecule has 98 valence electrons. The maximum atomic E-state index is 12.4. The Kier molecular flexibility index (Phi) is 3.46. The number of carbonyl (C=O) groups is 1. The minimum absolute atomic E-state index is 0.191. The van der Waals surface area contributed by atoms with Gasteiger partial charge in [0.05, 0.1) is 12.0 Å². The number of methoxy groups -OCH3 is 1. The molecule has 0 aromatic heterocycles. The second-order valence-corrected chi connectivity index (χ2v) is 6.18. The number of carbonyl (C=O) groups excluding carboxylic acids is 1. The van der Waals surface area contributed by atoms with Gasteiger partial charge in [-0.2, -0.15) is 0 Å². The molecular formula is C13H24N2O2. The van der Waals surface area contributed by atoms with E-state index in [4.69, 9.17) is 4.74 Å². The molecule has 1 amide bonds. The molecule has 0 radical (unpaired) electrons. The van der Waals surface area contributed by atoms with Crippen molar-refractivity contribution in [2.24, 2.45) is 10.8 Å². The lowest BCUT2D eigenvalue weighted by atomic mass is 9.78. The molecule has 0 spiro atoms. The SMILES string of the molecule is COCC1(C(=O)NC2CC2(C)C)CCNCC1. The molecule has 17 heavy (non-hydrogen) atoms. The van der Waals surface area contributed by atoms with E-state index in [1.807, 2.05) is 0 Å². The lowest BCUT2D eigenvalue weighted by molar-refractivity contribution is -0.136. The van der Waals surface area contributed by atoms with Gasteiger partial charge in [-0.1, -0.05) is 13.8 Å². The Morgan fingerprint density at radius 1 is 1.41 bits per heavy atom. The third kappa shape index (κ3) is 2.63. The summed E-state index contributed by atoms with van der Waals surface area (Å²) in [4.78, 5) is 12.4. The first kappa shape index (κ1) is 12.8. The Morgan fingerprint density at radius 2 is 2.00 bits per heavy atom. The van der Waals surface area contributed by atoms with Crippen LogP contribution in [0.4, 0.5) is 0 Å². The van der Waals surface area contributed by atoms with Gasteiger partial charge in [0, 0.05) is 13.2 Å². The highest BCUT2D eigenvalue weighted by molar-refractivity contribution is 5.83. The second-order valence-electron chi connectivity index (χ2n) is 6.18. The standard InChI is InChI=1S/C13H24N2O2/c1-12(2)8-10(12)15-11(16)13(9-17-3)4-6-14-7-5-13/h10,14H,4-9H2,1-3H3,(H,15,16). The van der Waals surface area contributed by atoms with Crippen molar-refractivity contribution in [2.45, 2.75) is 39.2 Å². The van der Waals surface area contributed by atoms with Crippen LogP contribution in [0.1, 0.15) is 33.1 Å². The highest BCUT2D eigenvalue weighted by atomic mass is 16.5. The summed E-state index contributed by atoms with van der Waals surface area (Å²) in [5, 5.41) is 6.50. The fraction of sp³-hybridized carbons (Fsp3) is 0.923. The highest BCUT2D eigenvalue weighted by Gasteiger charge is 2.49. The molecular weight excluding hydrogens is 216 g/mol. The van der Waals surface area contributed by atoms with Gasteiger partial charge in [-0.25, -0.2) is 0 Å². The Morgan fingerprint density at radius 3 is 2.47 bits per heavy atom. The molecule has 0 aromatic carbocycles. The zero-order chi connectivity index (χ0) is 12.5. The van der Waals surface area contributed by atoms with Gasteiger partial charge < -0.3 is 15.4 Å². The van der Waals surface area contributed by atoms with Gasteiger partial charge in [-0.3, -0.25) is 4.79 Å². The summed E-state index contributed by atoms with van der Waals surface area (Å²) >= 11 is 0. The predicted molar refractivity (Wildman–Crippen MR) is 66.7 cm³/mol. The first-order valence-electron chi connectivity index (χ1n) is 6.51. The molecule has 1 atom stereocenters. The minimum Gasteiger partial charge on any atom is -0.384 e. The van der Waals surface area contributed by atoms with Crippen LogP contribution in [0.5, 0.6) is 0 Å². The summed E-state index contributed by atoms with van der Waals surface area (Å²) in [6.45, 7) is 6.75.